The van der Waals surface area contributed by atoms with Crippen LogP contribution in [0.25, 0.3) is 0 Å². The zero-order valence-electron chi connectivity index (χ0n) is 14.9. The van der Waals surface area contributed by atoms with Crippen LogP contribution < -0.4 is 20.1 Å². The number of halogens is 1. The molecule has 5 nitrogen and oxygen atoms in total. The number of guanidine groups is 1. The van der Waals surface area contributed by atoms with E-state index in [0.29, 0.717) is 30.0 Å². The molecular weight excluding hydrogens is 358 g/mol. The second-order valence-corrected chi connectivity index (χ2v) is 6.53. The Hall–Kier alpha value is -1.43. The molecule has 0 amide bonds. The fourth-order valence-electron chi connectivity index (χ4n) is 1.88. The summed E-state index contributed by atoms with van der Waals surface area (Å²) in [4.78, 5) is 4.67. The first-order valence-corrected chi connectivity index (χ1v) is 8.67. The summed E-state index contributed by atoms with van der Waals surface area (Å²) < 4.78 is 11.6. The lowest BCUT2D eigenvalue weighted by Crippen LogP contribution is -2.44. The number of rotatable bonds is 7. The van der Waals surface area contributed by atoms with Gasteiger partial charge in [0, 0.05) is 17.1 Å². The number of ether oxygens (including phenoxy) is 2. The number of aliphatic imine (C=N–C) groups is 1. The fourth-order valence-corrected chi connectivity index (χ4v) is 2.33. The molecule has 0 fully saturated rings. The topological polar surface area (TPSA) is 54.9 Å². The molecule has 0 aromatic heterocycles. The highest BCUT2D eigenvalue weighted by Gasteiger charge is 2.11. The molecule has 0 aliphatic heterocycles. The summed E-state index contributed by atoms with van der Waals surface area (Å²) in [7, 11) is 3.26. The number of nitrogens with zero attached hydrogens (tertiary/aromatic N) is 1. The number of hydrogen-bond acceptors (Lipinski definition) is 3. The predicted molar refractivity (Wildman–Crippen MR) is 99.5 cm³/mol. The Balaban J connectivity index is 2.94. The highest BCUT2D eigenvalue weighted by atomic mass is 79.9. The van der Waals surface area contributed by atoms with Crippen LogP contribution in [0.3, 0.4) is 0 Å². The third-order valence-electron chi connectivity index (χ3n) is 3.67. The first-order chi connectivity index (χ1) is 10.9. The monoisotopic (exact) mass is 385 g/mol. The van der Waals surface area contributed by atoms with Crippen molar-refractivity contribution in [1.82, 2.24) is 10.6 Å². The van der Waals surface area contributed by atoms with Gasteiger partial charge in [-0.25, -0.2) is 4.99 Å². The largest absolute Gasteiger partial charge is 0.493 e. The summed E-state index contributed by atoms with van der Waals surface area (Å²) >= 11 is 3.57. The van der Waals surface area contributed by atoms with Gasteiger partial charge in [-0.3, -0.25) is 0 Å². The van der Waals surface area contributed by atoms with Crippen LogP contribution in [0.4, 0.5) is 0 Å². The predicted octanol–water partition coefficient (Wildman–Crippen LogP) is 3.57. The van der Waals surface area contributed by atoms with Gasteiger partial charge < -0.3 is 20.1 Å². The van der Waals surface area contributed by atoms with Gasteiger partial charge in [0.25, 0.3) is 0 Å². The van der Waals surface area contributed by atoms with Gasteiger partial charge in [0.15, 0.2) is 17.5 Å². The van der Waals surface area contributed by atoms with E-state index in [0.717, 1.165) is 22.5 Å². The zero-order chi connectivity index (χ0) is 17.4. The van der Waals surface area contributed by atoms with Crippen LogP contribution in [0.1, 0.15) is 33.3 Å². The molecule has 1 rings (SSSR count). The quantitative estimate of drug-likeness (QED) is 0.556. The second-order valence-electron chi connectivity index (χ2n) is 5.67. The molecule has 1 atom stereocenters. The Morgan fingerprint density at radius 1 is 1.17 bits per heavy atom. The second kappa shape index (κ2) is 9.65. The van der Waals surface area contributed by atoms with Gasteiger partial charge >= 0.3 is 0 Å². The van der Waals surface area contributed by atoms with Gasteiger partial charge in [-0.2, -0.15) is 0 Å². The Morgan fingerprint density at radius 3 is 2.30 bits per heavy atom. The molecule has 130 valence electrons. The van der Waals surface area contributed by atoms with Crippen molar-refractivity contribution in [3.63, 3.8) is 0 Å². The molecular formula is C17H28BrN3O2. The molecule has 23 heavy (non-hydrogen) atoms. The van der Waals surface area contributed by atoms with Crippen LogP contribution in [-0.4, -0.2) is 32.8 Å². The van der Waals surface area contributed by atoms with Gasteiger partial charge in [0.2, 0.25) is 0 Å². The van der Waals surface area contributed by atoms with E-state index >= 15 is 0 Å². The van der Waals surface area contributed by atoms with E-state index in [1.807, 2.05) is 12.1 Å². The molecule has 0 saturated carbocycles. The van der Waals surface area contributed by atoms with Crippen molar-refractivity contribution in [2.45, 2.75) is 40.3 Å². The first-order valence-electron chi connectivity index (χ1n) is 7.88. The van der Waals surface area contributed by atoms with Crippen LogP contribution in [0.5, 0.6) is 11.5 Å². The maximum atomic E-state index is 5.36. The first kappa shape index (κ1) is 19.6. The van der Waals surface area contributed by atoms with Gasteiger partial charge in [-0.15, -0.1) is 0 Å². The normalized spacial score (nSPS) is 13.0. The minimum atomic E-state index is 0.349. The van der Waals surface area contributed by atoms with Crippen molar-refractivity contribution in [3.05, 3.63) is 22.2 Å². The smallest absolute Gasteiger partial charge is 0.191 e. The summed E-state index contributed by atoms with van der Waals surface area (Å²) in [5, 5.41) is 6.70. The fraction of sp³-hybridized carbons (Fsp3) is 0.588. The standard InChI is InChI=1S/C17H28BrN3O2/c1-7-19-17(21-12(4)11(2)3)20-10-13-8-15(22-5)16(23-6)9-14(13)18/h8-9,11-12H,7,10H2,1-6H3,(H2,19,20,21). The average molecular weight is 386 g/mol. The molecule has 1 aromatic carbocycles. The summed E-state index contributed by atoms with van der Waals surface area (Å²) in [5.41, 5.74) is 1.04. The Kier molecular flexibility index (Phi) is 8.23. The van der Waals surface area contributed by atoms with E-state index in [4.69, 9.17) is 9.47 Å². The highest BCUT2D eigenvalue weighted by molar-refractivity contribution is 9.10. The SMILES string of the molecule is CCNC(=NCc1cc(OC)c(OC)cc1Br)NC(C)C(C)C. The lowest BCUT2D eigenvalue weighted by molar-refractivity contribution is 0.354. The van der Waals surface area contributed by atoms with E-state index in [9.17, 15) is 0 Å². The summed E-state index contributed by atoms with van der Waals surface area (Å²) in [6.45, 7) is 9.95. The molecule has 0 aliphatic carbocycles. The van der Waals surface area contributed by atoms with Crippen molar-refractivity contribution >= 4 is 21.9 Å². The Morgan fingerprint density at radius 2 is 1.78 bits per heavy atom. The third-order valence-corrected chi connectivity index (χ3v) is 4.41. The summed E-state index contributed by atoms with van der Waals surface area (Å²) in [5.74, 6) is 2.75. The molecule has 1 unspecified atom stereocenters. The van der Waals surface area contributed by atoms with Crippen LogP contribution in [0, 0.1) is 5.92 Å². The van der Waals surface area contributed by atoms with E-state index in [1.165, 1.54) is 0 Å². The number of nitrogens with one attached hydrogen (secondary N) is 2. The molecule has 0 heterocycles. The molecule has 0 aliphatic rings. The zero-order valence-corrected chi connectivity index (χ0v) is 16.5. The molecule has 0 saturated heterocycles. The number of benzene rings is 1. The van der Waals surface area contributed by atoms with Crippen LogP contribution in [-0.2, 0) is 6.54 Å². The molecule has 2 N–H and O–H groups in total. The van der Waals surface area contributed by atoms with E-state index in [-0.39, 0.29) is 0 Å². The maximum Gasteiger partial charge on any atom is 0.191 e. The lowest BCUT2D eigenvalue weighted by Gasteiger charge is -2.20. The lowest BCUT2D eigenvalue weighted by atomic mass is 10.1. The van der Waals surface area contributed by atoms with Gasteiger partial charge in [0.05, 0.1) is 20.8 Å². The van der Waals surface area contributed by atoms with E-state index < -0.39 is 0 Å². The van der Waals surface area contributed by atoms with Crippen LogP contribution in [0.15, 0.2) is 21.6 Å². The van der Waals surface area contributed by atoms with Crippen LogP contribution in [0.2, 0.25) is 0 Å². The van der Waals surface area contributed by atoms with E-state index in [1.54, 1.807) is 14.2 Å². The van der Waals surface area contributed by atoms with Crippen LogP contribution >= 0.6 is 15.9 Å². The Labute approximate surface area is 148 Å². The third kappa shape index (κ3) is 5.94. The molecule has 0 bridgehead atoms. The highest BCUT2D eigenvalue weighted by Crippen LogP contribution is 2.33. The van der Waals surface area contributed by atoms with Gasteiger partial charge in [-0.1, -0.05) is 29.8 Å². The van der Waals surface area contributed by atoms with Crippen molar-refractivity contribution in [2.75, 3.05) is 20.8 Å². The summed E-state index contributed by atoms with van der Waals surface area (Å²) in [6.07, 6.45) is 0. The van der Waals surface area contributed by atoms with Crippen molar-refractivity contribution in [3.8, 4) is 11.5 Å². The average Bonchev–Trinajstić information content (AvgIpc) is 2.52. The minimum Gasteiger partial charge on any atom is -0.493 e. The minimum absolute atomic E-state index is 0.349. The molecule has 6 heteroatoms. The molecule has 1 aromatic rings. The summed E-state index contributed by atoms with van der Waals surface area (Å²) in [6, 6.07) is 4.20. The number of hydrogen-bond donors (Lipinski definition) is 2. The van der Waals surface area contributed by atoms with Crippen molar-refractivity contribution in [1.29, 1.82) is 0 Å². The van der Waals surface area contributed by atoms with Gasteiger partial charge in [0.1, 0.15) is 0 Å². The maximum absolute atomic E-state index is 5.36. The molecule has 0 spiro atoms. The van der Waals surface area contributed by atoms with Gasteiger partial charge in [-0.05, 0) is 37.5 Å². The molecule has 0 radical (unpaired) electrons. The van der Waals surface area contributed by atoms with E-state index in [2.05, 4.69) is 59.3 Å². The van der Waals surface area contributed by atoms with Crippen molar-refractivity contribution < 1.29 is 9.47 Å². The number of methoxy groups -OCH3 is 2. The Bertz CT molecular complexity index is 533. The van der Waals surface area contributed by atoms with Crippen molar-refractivity contribution in [2.24, 2.45) is 10.9 Å².